The number of ether oxygens (including phenoxy) is 2. The van der Waals surface area contributed by atoms with Crippen molar-refractivity contribution in [2.45, 2.75) is 18.9 Å². The summed E-state index contributed by atoms with van der Waals surface area (Å²) in [6.07, 6.45) is -0.889. The third-order valence-electron chi connectivity index (χ3n) is 2.56. The van der Waals surface area contributed by atoms with E-state index in [9.17, 15) is 18.4 Å². The van der Waals surface area contributed by atoms with Gasteiger partial charge in [0.2, 0.25) is 0 Å². The smallest absolute Gasteiger partial charge is 0.408 e. The molecule has 2 rings (SSSR count). The number of carbonyl (C=O) groups excluding carboxylic acids is 2. The second-order valence-corrected chi connectivity index (χ2v) is 4.08. The van der Waals surface area contributed by atoms with Gasteiger partial charge in [0, 0.05) is 6.92 Å². The Morgan fingerprint density at radius 1 is 1.42 bits per heavy atom. The van der Waals surface area contributed by atoms with Crippen LogP contribution in [-0.4, -0.2) is 24.6 Å². The molecule has 1 amide bonds. The molecular formula is C12H11F2NO4. The van der Waals surface area contributed by atoms with E-state index < -0.39 is 30.6 Å². The van der Waals surface area contributed by atoms with Crippen LogP contribution < -0.4 is 10.1 Å². The number of hydrogen-bond acceptors (Lipinski definition) is 4. The second-order valence-electron chi connectivity index (χ2n) is 4.08. The van der Waals surface area contributed by atoms with Crippen molar-refractivity contribution in [3.8, 4) is 5.75 Å². The van der Waals surface area contributed by atoms with Crippen LogP contribution in [0.2, 0.25) is 0 Å². The van der Waals surface area contributed by atoms with Crippen LogP contribution >= 0.6 is 0 Å². The summed E-state index contributed by atoms with van der Waals surface area (Å²) in [6.45, 7) is 0.274. The molecule has 1 saturated heterocycles. The summed E-state index contributed by atoms with van der Waals surface area (Å²) in [5.41, 5.74) is 0.206. The van der Waals surface area contributed by atoms with E-state index in [2.05, 4.69) is 10.1 Å². The molecule has 1 aromatic carbocycles. The van der Waals surface area contributed by atoms with Gasteiger partial charge in [0.15, 0.2) is 6.61 Å². The Morgan fingerprint density at radius 3 is 2.63 bits per heavy atom. The molecule has 0 aromatic heterocycles. The highest BCUT2D eigenvalue weighted by Crippen LogP contribution is 2.34. The van der Waals surface area contributed by atoms with Crippen molar-refractivity contribution in [1.29, 1.82) is 0 Å². The molecule has 1 heterocycles. The van der Waals surface area contributed by atoms with Crippen molar-refractivity contribution in [3.05, 3.63) is 29.8 Å². The molecule has 0 bridgehead atoms. The zero-order valence-electron chi connectivity index (χ0n) is 9.98. The normalized spacial score (nSPS) is 21.2. The first-order valence-corrected chi connectivity index (χ1v) is 5.48. The van der Waals surface area contributed by atoms with Gasteiger partial charge in [-0.15, -0.1) is 0 Å². The van der Waals surface area contributed by atoms with Gasteiger partial charge in [0.25, 0.3) is 0 Å². The molecule has 0 aliphatic carbocycles. The highest BCUT2D eigenvalue weighted by molar-refractivity contribution is 5.70. The first-order chi connectivity index (χ1) is 8.88. The van der Waals surface area contributed by atoms with Crippen LogP contribution in [-0.2, 0) is 9.53 Å². The third kappa shape index (κ3) is 2.98. The molecule has 5 nitrogen and oxygen atoms in total. The summed E-state index contributed by atoms with van der Waals surface area (Å²) in [7, 11) is 0. The van der Waals surface area contributed by atoms with Gasteiger partial charge in [-0.2, -0.15) is 0 Å². The molecule has 1 atom stereocenters. The van der Waals surface area contributed by atoms with E-state index >= 15 is 0 Å². The van der Waals surface area contributed by atoms with Gasteiger partial charge >= 0.3 is 18.0 Å². The fourth-order valence-electron chi connectivity index (χ4n) is 1.73. The first-order valence-electron chi connectivity index (χ1n) is 5.48. The fraction of sp³-hybridized carbons (Fsp3) is 0.333. The zero-order chi connectivity index (χ0) is 14.0. The molecule has 1 aromatic rings. The van der Waals surface area contributed by atoms with Gasteiger partial charge in [0.1, 0.15) is 11.8 Å². The van der Waals surface area contributed by atoms with Crippen molar-refractivity contribution >= 4 is 12.1 Å². The van der Waals surface area contributed by atoms with E-state index in [4.69, 9.17) is 4.74 Å². The molecule has 102 valence electrons. The van der Waals surface area contributed by atoms with Crippen molar-refractivity contribution in [3.63, 3.8) is 0 Å². The predicted octanol–water partition coefficient (Wildman–Crippen LogP) is 2.03. The topological polar surface area (TPSA) is 64.6 Å². The average molecular weight is 271 g/mol. The number of alkyl carbamates (subject to hydrolysis) is 1. The quantitative estimate of drug-likeness (QED) is 0.660. The minimum absolute atomic E-state index is 0.206. The van der Waals surface area contributed by atoms with Crippen LogP contribution in [0.1, 0.15) is 18.5 Å². The summed E-state index contributed by atoms with van der Waals surface area (Å²) in [6, 6.07) is 4.04. The number of rotatable bonds is 2. The standard InChI is InChI=1S/C12H11F2NO4/c1-7(16)19-9-4-2-8(3-5-9)10-12(13,14)6-18-11(17)15-10/h2-5,10H,6H2,1H3,(H,15,17)/t10-/m1/s1. The molecule has 1 aliphatic rings. The monoisotopic (exact) mass is 271 g/mol. The maximum absolute atomic E-state index is 13.6. The predicted molar refractivity (Wildman–Crippen MR) is 59.9 cm³/mol. The Balaban J connectivity index is 2.20. The van der Waals surface area contributed by atoms with Crippen LogP contribution in [0.3, 0.4) is 0 Å². The minimum Gasteiger partial charge on any atom is -0.443 e. The third-order valence-corrected chi connectivity index (χ3v) is 2.56. The number of hydrogen-bond donors (Lipinski definition) is 1. The van der Waals surface area contributed by atoms with E-state index in [0.717, 1.165) is 0 Å². The Hall–Kier alpha value is -2.18. The number of nitrogens with one attached hydrogen (secondary N) is 1. The van der Waals surface area contributed by atoms with E-state index in [-0.39, 0.29) is 11.3 Å². The lowest BCUT2D eigenvalue weighted by Crippen LogP contribution is -2.49. The molecule has 7 heteroatoms. The lowest BCUT2D eigenvalue weighted by molar-refractivity contribution is -0.131. The maximum atomic E-state index is 13.6. The van der Waals surface area contributed by atoms with E-state index in [1.54, 1.807) is 0 Å². The van der Waals surface area contributed by atoms with E-state index in [1.807, 2.05) is 0 Å². The van der Waals surface area contributed by atoms with Crippen molar-refractivity contribution < 1.29 is 27.8 Å². The van der Waals surface area contributed by atoms with Gasteiger partial charge in [-0.25, -0.2) is 13.6 Å². The summed E-state index contributed by atoms with van der Waals surface area (Å²) in [4.78, 5) is 21.7. The Labute approximate surface area is 107 Å². The van der Waals surface area contributed by atoms with Crippen LogP contribution in [0.4, 0.5) is 13.6 Å². The van der Waals surface area contributed by atoms with E-state index in [1.165, 1.54) is 31.2 Å². The summed E-state index contributed by atoms with van der Waals surface area (Å²) in [5, 5.41) is 2.06. The lowest BCUT2D eigenvalue weighted by Gasteiger charge is -2.31. The maximum Gasteiger partial charge on any atom is 0.408 e. The average Bonchev–Trinajstić information content (AvgIpc) is 2.33. The number of esters is 1. The Kier molecular flexibility index (Phi) is 3.37. The number of halogens is 2. The molecule has 1 aliphatic heterocycles. The Bertz CT molecular complexity index is 501. The molecule has 1 N–H and O–H groups in total. The van der Waals surface area contributed by atoms with Crippen molar-refractivity contribution in [2.24, 2.45) is 0 Å². The summed E-state index contributed by atoms with van der Waals surface area (Å²) < 4.78 is 36.3. The number of cyclic esters (lactones) is 1. The molecule has 0 radical (unpaired) electrons. The second kappa shape index (κ2) is 4.83. The summed E-state index contributed by atoms with van der Waals surface area (Å²) >= 11 is 0. The minimum atomic E-state index is -3.20. The first kappa shape index (κ1) is 13.3. The van der Waals surface area contributed by atoms with Gasteiger partial charge in [0.05, 0.1) is 0 Å². The molecule has 1 fully saturated rings. The number of alkyl halides is 2. The molecule has 0 unspecified atom stereocenters. The van der Waals surface area contributed by atoms with Gasteiger partial charge in [-0.05, 0) is 17.7 Å². The molecule has 0 saturated carbocycles. The number of benzene rings is 1. The summed E-state index contributed by atoms with van der Waals surface area (Å²) in [5.74, 6) is -3.45. The highest BCUT2D eigenvalue weighted by Gasteiger charge is 2.46. The Morgan fingerprint density at radius 2 is 2.05 bits per heavy atom. The number of carbonyl (C=O) groups is 2. The van der Waals surface area contributed by atoms with Gasteiger partial charge in [-0.3, -0.25) is 4.79 Å². The van der Waals surface area contributed by atoms with E-state index in [0.29, 0.717) is 0 Å². The van der Waals surface area contributed by atoms with Crippen molar-refractivity contribution in [2.75, 3.05) is 6.61 Å². The molecule has 0 spiro atoms. The number of amides is 1. The van der Waals surface area contributed by atoms with Crippen molar-refractivity contribution in [1.82, 2.24) is 5.32 Å². The lowest BCUT2D eigenvalue weighted by atomic mass is 10.00. The van der Waals surface area contributed by atoms with Gasteiger partial charge < -0.3 is 14.8 Å². The van der Waals surface area contributed by atoms with Crippen LogP contribution in [0.25, 0.3) is 0 Å². The zero-order valence-corrected chi connectivity index (χ0v) is 9.98. The molecular weight excluding hydrogens is 260 g/mol. The SMILES string of the molecule is CC(=O)Oc1ccc([C@H]2NC(=O)OCC2(F)F)cc1. The highest BCUT2D eigenvalue weighted by atomic mass is 19.3. The largest absolute Gasteiger partial charge is 0.443 e. The van der Waals surface area contributed by atoms with Crippen LogP contribution in [0, 0.1) is 0 Å². The molecule has 19 heavy (non-hydrogen) atoms. The van der Waals surface area contributed by atoms with Crippen LogP contribution in [0.5, 0.6) is 5.75 Å². The fourth-order valence-corrected chi connectivity index (χ4v) is 1.73. The van der Waals surface area contributed by atoms with Gasteiger partial charge in [-0.1, -0.05) is 12.1 Å². The van der Waals surface area contributed by atoms with Crippen LogP contribution in [0.15, 0.2) is 24.3 Å².